The first-order chi connectivity index (χ1) is 7.15. The molecule has 0 saturated carbocycles. The molecule has 0 spiro atoms. The largest absolute Gasteiger partial charge is 0.330 e. The zero-order valence-electron chi connectivity index (χ0n) is 9.23. The maximum atomic E-state index is 6.00. The van der Waals surface area contributed by atoms with Crippen LogP contribution in [-0.4, -0.2) is 6.54 Å². The summed E-state index contributed by atoms with van der Waals surface area (Å²) in [4.78, 5) is 0. The van der Waals surface area contributed by atoms with Crippen molar-refractivity contribution < 1.29 is 0 Å². The number of halogens is 1. The molecular formula is C13H16ClN. The van der Waals surface area contributed by atoms with E-state index >= 15 is 0 Å². The zero-order chi connectivity index (χ0) is 11.3. The average Bonchev–Trinajstić information content (AvgIpc) is 2.20. The molecule has 0 saturated heterocycles. The van der Waals surface area contributed by atoms with Crippen molar-refractivity contribution in [1.29, 1.82) is 0 Å². The molecular weight excluding hydrogens is 206 g/mol. The highest BCUT2D eigenvalue weighted by Crippen LogP contribution is 2.19. The van der Waals surface area contributed by atoms with E-state index in [1.165, 1.54) is 0 Å². The van der Waals surface area contributed by atoms with Gasteiger partial charge in [0, 0.05) is 17.0 Å². The molecule has 0 heterocycles. The molecule has 0 radical (unpaired) electrons. The Labute approximate surface area is 96.6 Å². The summed E-state index contributed by atoms with van der Waals surface area (Å²) in [6.07, 6.45) is 1.82. The van der Waals surface area contributed by atoms with Crippen LogP contribution in [-0.2, 0) is 0 Å². The molecule has 80 valence electrons. The molecule has 0 aliphatic rings. The highest BCUT2D eigenvalue weighted by molar-refractivity contribution is 6.31. The van der Waals surface area contributed by atoms with Crippen molar-refractivity contribution in [3.05, 3.63) is 33.8 Å². The fraction of sp³-hybridized carbons (Fsp3) is 0.385. The van der Waals surface area contributed by atoms with Crippen LogP contribution < -0.4 is 5.73 Å². The average molecular weight is 222 g/mol. The van der Waals surface area contributed by atoms with Crippen LogP contribution >= 0.6 is 11.6 Å². The number of nitrogens with two attached hydrogens (primary N) is 1. The van der Waals surface area contributed by atoms with Crippen molar-refractivity contribution in [2.75, 3.05) is 6.54 Å². The van der Waals surface area contributed by atoms with Crippen molar-refractivity contribution in [2.24, 2.45) is 5.73 Å². The second kappa shape index (κ2) is 5.80. The predicted octanol–water partition coefficient (Wildman–Crippen LogP) is 3.05. The maximum absolute atomic E-state index is 6.00. The number of hydrogen-bond donors (Lipinski definition) is 1. The third kappa shape index (κ3) is 3.58. The van der Waals surface area contributed by atoms with Crippen LogP contribution in [0.4, 0.5) is 0 Å². The van der Waals surface area contributed by atoms with E-state index in [-0.39, 0.29) is 0 Å². The van der Waals surface area contributed by atoms with Crippen molar-refractivity contribution in [3.8, 4) is 11.8 Å². The van der Waals surface area contributed by atoms with E-state index in [9.17, 15) is 0 Å². The van der Waals surface area contributed by atoms with Gasteiger partial charge in [0.05, 0.1) is 0 Å². The van der Waals surface area contributed by atoms with E-state index in [1.807, 2.05) is 26.0 Å². The number of aryl methyl sites for hydroxylation is 2. The lowest BCUT2D eigenvalue weighted by atomic mass is 10.1. The highest BCUT2D eigenvalue weighted by atomic mass is 35.5. The Balaban J connectivity index is 2.84. The van der Waals surface area contributed by atoms with Crippen LogP contribution in [0, 0.1) is 25.7 Å². The van der Waals surface area contributed by atoms with Gasteiger partial charge >= 0.3 is 0 Å². The Bertz CT molecular complexity index is 399. The van der Waals surface area contributed by atoms with Gasteiger partial charge in [0.1, 0.15) is 0 Å². The normalized spacial score (nSPS) is 9.60. The van der Waals surface area contributed by atoms with Crippen LogP contribution in [0.5, 0.6) is 0 Å². The molecule has 1 aromatic rings. The molecule has 0 aliphatic heterocycles. The standard InChI is InChI=1S/C13H16ClN/c1-10-9-13(14)11(2)8-12(10)6-4-3-5-7-15/h8-9H,3,5,7,15H2,1-2H3. The van der Waals surface area contributed by atoms with E-state index in [0.29, 0.717) is 6.54 Å². The Morgan fingerprint density at radius 2 is 2.00 bits per heavy atom. The fourth-order valence-electron chi connectivity index (χ4n) is 1.26. The van der Waals surface area contributed by atoms with Gasteiger partial charge in [-0.25, -0.2) is 0 Å². The third-order valence-corrected chi connectivity index (χ3v) is 2.64. The maximum Gasteiger partial charge on any atom is 0.0438 e. The third-order valence-electron chi connectivity index (χ3n) is 2.23. The van der Waals surface area contributed by atoms with Crippen molar-refractivity contribution in [1.82, 2.24) is 0 Å². The molecule has 15 heavy (non-hydrogen) atoms. The second-order valence-corrected chi connectivity index (χ2v) is 4.02. The van der Waals surface area contributed by atoms with Crippen LogP contribution in [0.2, 0.25) is 5.02 Å². The van der Waals surface area contributed by atoms with E-state index < -0.39 is 0 Å². The van der Waals surface area contributed by atoms with Crippen molar-refractivity contribution >= 4 is 11.6 Å². The van der Waals surface area contributed by atoms with Gasteiger partial charge in [-0.3, -0.25) is 0 Å². The minimum Gasteiger partial charge on any atom is -0.330 e. The van der Waals surface area contributed by atoms with Crippen LogP contribution in [0.25, 0.3) is 0 Å². The monoisotopic (exact) mass is 221 g/mol. The molecule has 0 unspecified atom stereocenters. The summed E-state index contributed by atoms with van der Waals surface area (Å²) >= 11 is 6.00. The Hall–Kier alpha value is -0.970. The summed E-state index contributed by atoms with van der Waals surface area (Å²) < 4.78 is 0. The second-order valence-electron chi connectivity index (χ2n) is 3.61. The van der Waals surface area contributed by atoms with Gasteiger partial charge in [0.15, 0.2) is 0 Å². The minimum atomic E-state index is 0.702. The quantitative estimate of drug-likeness (QED) is 0.603. The van der Waals surface area contributed by atoms with Gasteiger partial charge in [0.25, 0.3) is 0 Å². The lowest BCUT2D eigenvalue weighted by Gasteiger charge is -2.02. The van der Waals surface area contributed by atoms with E-state index in [0.717, 1.165) is 34.6 Å². The SMILES string of the molecule is Cc1cc(C#CCCCN)c(C)cc1Cl. The number of rotatable bonds is 2. The summed E-state index contributed by atoms with van der Waals surface area (Å²) in [5, 5.41) is 0.806. The minimum absolute atomic E-state index is 0.702. The Kier molecular flexibility index (Phi) is 4.68. The zero-order valence-corrected chi connectivity index (χ0v) is 9.99. The Morgan fingerprint density at radius 3 is 2.67 bits per heavy atom. The number of benzene rings is 1. The molecule has 0 bridgehead atoms. The molecule has 2 N–H and O–H groups in total. The molecule has 2 heteroatoms. The van der Waals surface area contributed by atoms with E-state index in [1.54, 1.807) is 0 Å². The van der Waals surface area contributed by atoms with Gasteiger partial charge in [-0.1, -0.05) is 23.4 Å². The molecule has 0 fully saturated rings. The summed E-state index contributed by atoms with van der Waals surface area (Å²) in [6, 6.07) is 4.00. The lowest BCUT2D eigenvalue weighted by Crippen LogP contribution is -1.96. The van der Waals surface area contributed by atoms with E-state index in [4.69, 9.17) is 17.3 Å². The summed E-state index contributed by atoms with van der Waals surface area (Å²) in [6.45, 7) is 4.72. The van der Waals surface area contributed by atoms with E-state index in [2.05, 4.69) is 11.8 Å². The van der Waals surface area contributed by atoms with Crippen LogP contribution in [0.3, 0.4) is 0 Å². The number of unbranched alkanes of at least 4 members (excludes halogenated alkanes) is 1. The molecule has 0 aromatic heterocycles. The topological polar surface area (TPSA) is 26.0 Å². The van der Waals surface area contributed by atoms with Gasteiger partial charge in [-0.15, -0.1) is 0 Å². The fourth-order valence-corrected chi connectivity index (χ4v) is 1.48. The molecule has 0 amide bonds. The predicted molar refractivity (Wildman–Crippen MR) is 66.1 cm³/mol. The molecule has 1 nitrogen and oxygen atoms in total. The first-order valence-corrected chi connectivity index (χ1v) is 5.48. The molecule has 1 rings (SSSR count). The Morgan fingerprint density at radius 1 is 1.27 bits per heavy atom. The summed E-state index contributed by atoms with van der Waals surface area (Å²) in [7, 11) is 0. The first kappa shape index (κ1) is 12.1. The first-order valence-electron chi connectivity index (χ1n) is 5.11. The smallest absolute Gasteiger partial charge is 0.0438 e. The molecule has 1 aromatic carbocycles. The number of hydrogen-bond acceptors (Lipinski definition) is 1. The highest BCUT2D eigenvalue weighted by Gasteiger charge is 1.99. The van der Waals surface area contributed by atoms with Crippen molar-refractivity contribution in [3.63, 3.8) is 0 Å². The van der Waals surface area contributed by atoms with Gasteiger partial charge in [0.2, 0.25) is 0 Å². The van der Waals surface area contributed by atoms with Crippen LogP contribution in [0.1, 0.15) is 29.5 Å². The molecule has 0 aliphatic carbocycles. The van der Waals surface area contributed by atoms with Crippen molar-refractivity contribution in [2.45, 2.75) is 26.7 Å². The van der Waals surface area contributed by atoms with Gasteiger partial charge in [-0.2, -0.15) is 0 Å². The summed E-state index contributed by atoms with van der Waals surface area (Å²) in [5.41, 5.74) is 8.67. The summed E-state index contributed by atoms with van der Waals surface area (Å²) in [5.74, 6) is 6.27. The molecule has 0 atom stereocenters. The van der Waals surface area contributed by atoms with Gasteiger partial charge in [-0.05, 0) is 50.1 Å². The lowest BCUT2D eigenvalue weighted by molar-refractivity contribution is 0.870. The van der Waals surface area contributed by atoms with Gasteiger partial charge < -0.3 is 5.73 Å². The van der Waals surface area contributed by atoms with Crippen LogP contribution in [0.15, 0.2) is 12.1 Å².